The molecule has 1 saturated heterocycles. The summed E-state index contributed by atoms with van der Waals surface area (Å²) in [6.07, 6.45) is 1.59. The normalized spacial score (nSPS) is 14.8. The third kappa shape index (κ3) is 5.83. The third-order valence-corrected chi connectivity index (χ3v) is 7.19. The summed E-state index contributed by atoms with van der Waals surface area (Å²) in [5.74, 6) is -0.364. The van der Waals surface area contributed by atoms with E-state index in [1.807, 2.05) is 74.5 Å². The number of fused-ring (bicyclic) bond motifs is 1. The van der Waals surface area contributed by atoms with Crippen molar-refractivity contribution in [3.63, 3.8) is 0 Å². The van der Waals surface area contributed by atoms with Crippen molar-refractivity contribution in [2.24, 2.45) is 5.92 Å². The zero-order chi connectivity index (χ0) is 28.1. The Morgan fingerprint density at radius 3 is 2.27 bits per heavy atom. The first kappa shape index (κ1) is 26.9. The van der Waals surface area contributed by atoms with Crippen LogP contribution in [0.5, 0.6) is 11.5 Å². The number of anilines is 2. The highest BCUT2D eigenvalue weighted by atomic mass is 16.5. The fourth-order valence-electron chi connectivity index (χ4n) is 5.05. The van der Waals surface area contributed by atoms with Crippen LogP contribution in [-0.2, 0) is 32.0 Å². The maximum absolute atomic E-state index is 12.7. The van der Waals surface area contributed by atoms with E-state index in [1.54, 1.807) is 29.2 Å². The Hall–Kier alpha value is -4.65. The van der Waals surface area contributed by atoms with Crippen molar-refractivity contribution >= 4 is 39.9 Å². The fraction of sp³-hybridized carbons (Fsp3) is 0.242. The van der Waals surface area contributed by atoms with Gasteiger partial charge in [0.1, 0.15) is 11.5 Å². The zero-order valence-electron chi connectivity index (χ0n) is 22.7. The van der Waals surface area contributed by atoms with Crippen molar-refractivity contribution in [3.8, 4) is 11.5 Å². The van der Waals surface area contributed by atoms with E-state index in [9.17, 15) is 14.4 Å². The number of benzene rings is 4. The van der Waals surface area contributed by atoms with Gasteiger partial charge in [0.2, 0.25) is 5.91 Å². The number of amides is 2. The quantitative estimate of drug-likeness (QED) is 0.254. The van der Waals surface area contributed by atoms with Crippen LogP contribution in [0.3, 0.4) is 0 Å². The summed E-state index contributed by atoms with van der Waals surface area (Å²) in [6, 6.07) is 27.0. The summed E-state index contributed by atoms with van der Waals surface area (Å²) in [5.41, 5.74) is 3.52. The van der Waals surface area contributed by atoms with Crippen LogP contribution in [0.1, 0.15) is 31.4 Å². The summed E-state index contributed by atoms with van der Waals surface area (Å²) < 4.78 is 11.4. The van der Waals surface area contributed by atoms with E-state index < -0.39 is 24.4 Å². The third-order valence-electron chi connectivity index (χ3n) is 7.19. The van der Waals surface area contributed by atoms with Gasteiger partial charge in [-0.3, -0.25) is 14.4 Å². The minimum Gasteiger partial charge on any atom is -0.457 e. The molecule has 1 atom stereocenters. The largest absolute Gasteiger partial charge is 0.457 e. The number of esters is 1. The van der Waals surface area contributed by atoms with E-state index in [0.29, 0.717) is 11.4 Å². The molecular formula is C33H32N2O5. The van der Waals surface area contributed by atoms with Gasteiger partial charge < -0.3 is 19.7 Å². The zero-order valence-corrected chi connectivity index (χ0v) is 22.7. The van der Waals surface area contributed by atoms with Crippen molar-refractivity contribution in [2.75, 3.05) is 23.4 Å². The smallest absolute Gasteiger partial charge is 0.311 e. The van der Waals surface area contributed by atoms with Gasteiger partial charge in [0.15, 0.2) is 6.61 Å². The van der Waals surface area contributed by atoms with Crippen molar-refractivity contribution in [1.82, 2.24) is 0 Å². The Morgan fingerprint density at radius 1 is 0.875 bits per heavy atom. The first-order chi connectivity index (χ1) is 19.5. The number of carbonyl (C=O) groups excluding carboxylic acids is 3. The number of nitrogens with one attached hydrogen (secondary N) is 1. The molecule has 7 nitrogen and oxygen atoms in total. The second kappa shape index (κ2) is 12.0. The predicted molar refractivity (Wildman–Crippen MR) is 156 cm³/mol. The Balaban J connectivity index is 1.17. The summed E-state index contributed by atoms with van der Waals surface area (Å²) in [7, 11) is 0. The van der Waals surface area contributed by atoms with Gasteiger partial charge in [0.05, 0.1) is 5.92 Å². The van der Waals surface area contributed by atoms with E-state index in [-0.39, 0.29) is 18.9 Å². The van der Waals surface area contributed by atoms with Crippen LogP contribution in [0.15, 0.2) is 84.9 Å². The van der Waals surface area contributed by atoms with E-state index in [0.717, 1.165) is 46.2 Å². The van der Waals surface area contributed by atoms with Gasteiger partial charge in [-0.15, -0.1) is 0 Å². The Bertz CT molecular complexity index is 1520. The van der Waals surface area contributed by atoms with Crippen LogP contribution in [0, 0.1) is 5.92 Å². The lowest BCUT2D eigenvalue weighted by Crippen LogP contribution is -2.28. The second-order valence-electron chi connectivity index (χ2n) is 9.79. The van der Waals surface area contributed by atoms with Gasteiger partial charge in [0, 0.05) is 29.7 Å². The molecule has 204 valence electrons. The first-order valence-corrected chi connectivity index (χ1v) is 13.6. The number of rotatable bonds is 9. The molecule has 4 aromatic carbocycles. The molecule has 2 amide bonds. The molecule has 0 bridgehead atoms. The number of carbonyl (C=O) groups is 3. The molecule has 4 aromatic rings. The number of aryl methyl sites for hydroxylation is 2. The minimum atomic E-state index is -0.638. The highest BCUT2D eigenvalue weighted by molar-refractivity contribution is 6.00. The standard InChI is InChI=1S/C33H32N2O5/c1-3-22-10-7-11-23(4-2)32(22)34-30(36)21-39-33(38)25-19-31(37)35(20-25)26-15-17-27(18-16-26)40-29-14-8-12-24-9-5-6-13-28(24)29/h5-18,25H,3-4,19-21H2,1-2H3,(H,34,36)/t25-/m0/s1. The molecule has 0 spiro atoms. The van der Waals surface area contributed by atoms with Gasteiger partial charge in [-0.1, -0.05) is 68.4 Å². The lowest BCUT2D eigenvalue weighted by Gasteiger charge is -2.17. The minimum absolute atomic E-state index is 0.0351. The summed E-state index contributed by atoms with van der Waals surface area (Å²) >= 11 is 0. The molecule has 1 aliphatic rings. The molecule has 1 fully saturated rings. The van der Waals surface area contributed by atoms with Crippen LogP contribution in [0.2, 0.25) is 0 Å². The molecule has 5 rings (SSSR count). The molecule has 1 aliphatic heterocycles. The molecule has 7 heteroatoms. The maximum Gasteiger partial charge on any atom is 0.311 e. The van der Waals surface area contributed by atoms with Gasteiger partial charge in [0.25, 0.3) is 5.91 Å². The summed E-state index contributed by atoms with van der Waals surface area (Å²) in [6.45, 7) is 3.85. The number of para-hydroxylation sites is 1. The van der Waals surface area contributed by atoms with E-state index in [1.165, 1.54) is 0 Å². The monoisotopic (exact) mass is 536 g/mol. The predicted octanol–water partition coefficient (Wildman–Crippen LogP) is 6.29. The van der Waals surface area contributed by atoms with Gasteiger partial charge in [-0.2, -0.15) is 0 Å². The molecule has 0 radical (unpaired) electrons. The fourth-order valence-corrected chi connectivity index (χ4v) is 5.05. The van der Waals surface area contributed by atoms with E-state index in [4.69, 9.17) is 9.47 Å². The second-order valence-corrected chi connectivity index (χ2v) is 9.79. The molecule has 0 aliphatic carbocycles. The van der Waals surface area contributed by atoms with Crippen LogP contribution >= 0.6 is 0 Å². The topological polar surface area (TPSA) is 84.9 Å². The van der Waals surface area contributed by atoms with Gasteiger partial charge in [-0.05, 0) is 59.7 Å². The molecular weight excluding hydrogens is 504 g/mol. The Kier molecular flexibility index (Phi) is 8.10. The lowest BCUT2D eigenvalue weighted by molar-refractivity contribution is -0.151. The molecule has 0 saturated carbocycles. The Labute approximate surface area is 233 Å². The maximum atomic E-state index is 12.7. The highest BCUT2D eigenvalue weighted by Gasteiger charge is 2.36. The van der Waals surface area contributed by atoms with Crippen molar-refractivity contribution in [1.29, 1.82) is 0 Å². The van der Waals surface area contributed by atoms with Crippen LogP contribution < -0.4 is 15.0 Å². The van der Waals surface area contributed by atoms with E-state index >= 15 is 0 Å². The molecule has 0 aromatic heterocycles. The van der Waals surface area contributed by atoms with Crippen molar-refractivity contribution < 1.29 is 23.9 Å². The van der Waals surface area contributed by atoms with Crippen molar-refractivity contribution in [3.05, 3.63) is 96.1 Å². The number of hydrogen-bond donors (Lipinski definition) is 1. The number of nitrogens with zero attached hydrogens (tertiary/aromatic N) is 1. The van der Waals surface area contributed by atoms with Crippen LogP contribution in [0.25, 0.3) is 10.8 Å². The first-order valence-electron chi connectivity index (χ1n) is 13.6. The average molecular weight is 537 g/mol. The van der Waals surface area contributed by atoms with Gasteiger partial charge in [-0.25, -0.2) is 0 Å². The number of hydrogen-bond acceptors (Lipinski definition) is 5. The molecule has 0 unspecified atom stereocenters. The molecule has 40 heavy (non-hydrogen) atoms. The van der Waals surface area contributed by atoms with Crippen molar-refractivity contribution in [2.45, 2.75) is 33.1 Å². The average Bonchev–Trinajstić information content (AvgIpc) is 3.38. The van der Waals surface area contributed by atoms with Crippen LogP contribution in [-0.4, -0.2) is 30.9 Å². The Morgan fingerprint density at radius 2 is 1.55 bits per heavy atom. The van der Waals surface area contributed by atoms with Crippen LogP contribution in [0.4, 0.5) is 11.4 Å². The molecule has 1 heterocycles. The summed E-state index contributed by atoms with van der Waals surface area (Å²) in [5, 5.41) is 5.00. The van der Waals surface area contributed by atoms with E-state index in [2.05, 4.69) is 5.32 Å². The molecule has 1 N–H and O–H groups in total. The lowest BCUT2D eigenvalue weighted by atomic mass is 10.0. The summed E-state index contributed by atoms with van der Waals surface area (Å²) in [4.78, 5) is 39.6. The SMILES string of the molecule is CCc1cccc(CC)c1NC(=O)COC(=O)[C@H]1CC(=O)N(c2ccc(Oc3cccc4ccccc34)cc2)C1. The highest BCUT2D eigenvalue weighted by Crippen LogP contribution is 2.32. The van der Waals surface area contributed by atoms with Gasteiger partial charge >= 0.3 is 5.97 Å². The number of ether oxygens (including phenoxy) is 2.